The van der Waals surface area contributed by atoms with E-state index in [0.29, 0.717) is 15.4 Å². The average molecular weight is 380 g/mol. The first-order valence-electron chi connectivity index (χ1n) is 5.36. The summed E-state index contributed by atoms with van der Waals surface area (Å²) in [6, 6.07) is 8.67. The van der Waals surface area contributed by atoms with Crippen LogP contribution in [-0.2, 0) is 0 Å². The van der Waals surface area contributed by atoms with E-state index in [0.717, 1.165) is 4.90 Å². The third-order valence-corrected chi connectivity index (χ3v) is 4.16. The molecule has 0 saturated carbocycles. The lowest BCUT2D eigenvalue weighted by Crippen LogP contribution is -1.97. The van der Waals surface area contributed by atoms with Crippen molar-refractivity contribution in [3.05, 3.63) is 39.8 Å². The fourth-order valence-corrected chi connectivity index (χ4v) is 2.74. The van der Waals surface area contributed by atoms with Gasteiger partial charge in [0, 0.05) is 15.5 Å². The molecule has 106 valence electrons. The van der Waals surface area contributed by atoms with E-state index in [1.165, 1.54) is 25.1 Å². The highest BCUT2D eigenvalue weighted by molar-refractivity contribution is 9.10. The largest absolute Gasteiger partial charge is 0.480 e. The summed E-state index contributed by atoms with van der Waals surface area (Å²) in [6.45, 7) is 0. The van der Waals surface area contributed by atoms with Crippen LogP contribution in [0.4, 0.5) is 10.3 Å². The van der Waals surface area contributed by atoms with E-state index in [9.17, 15) is 4.53 Å². The van der Waals surface area contributed by atoms with Crippen LogP contribution in [0.5, 0.6) is 11.6 Å². The van der Waals surface area contributed by atoms with E-state index in [-0.39, 0.29) is 11.6 Å². The van der Waals surface area contributed by atoms with Crippen LogP contribution >= 0.6 is 39.5 Å². The monoisotopic (exact) mass is 378 g/mol. The summed E-state index contributed by atoms with van der Waals surface area (Å²) in [5.41, 5.74) is 0. The van der Waals surface area contributed by atoms with Crippen LogP contribution in [0.15, 0.2) is 39.7 Å². The van der Waals surface area contributed by atoms with Gasteiger partial charge in [-0.2, -0.15) is 4.98 Å². The molecule has 1 N–H and O–H groups in total. The smallest absolute Gasteiger partial charge is 0.229 e. The molecule has 1 aromatic carbocycles. The number of halogens is 3. The Morgan fingerprint density at radius 1 is 1.40 bits per heavy atom. The van der Waals surface area contributed by atoms with Gasteiger partial charge in [0.05, 0.1) is 16.6 Å². The van der Waals surface area contributed by atoms with Crippen molar-refractivity contribution in [2.75, 3.05) is 11.8 Å². The van der Waals surface area contributed by atoms with Crippen LogP contribution in [0.3, 0.4) is 0 Å². The van der Waals surface area contributed by atoms with Crippen LogP contribution in [0.25, 0.3) is 0 Å². The first kappa shape index (κ1) is 15.2. The zero-order valence-corrected chi connectivity index (χ0v) is 13.4. The Labute approximate surface area is 132 Å². The number of anilines is 1. The number of nitrogens with one attached hydrogen (secondary N) is 1. The molecular formula is C12H9BrClFN2O2S. The van der Waals surface area contributed by atoms with Crippen molar-refractivity contribution in [3.8, 4) is 11.6 Å². The van der Waals surface area contributed by atoms with Crippen molar-refractivity contribution in [1.82, 2.24) is 4.98 Å². The third kappa shape index (κ3) is 3.47. The van der Waals surface area contributed by atoms with Crippen LogP contribution in [-0.4, -0.2) is 12.1 Å². The van der Waals surface area contributed by atoms with Gasteiger partial charge in [-0.3, -0.25) is 4.94 Å². The van der Waals surface area contributed by atoms with Gasteiger partial charge in [0.25, 0.3) is 0 Å². The molecule has 0 radical (unpaired) electrons. The zero-order valence-electron chi connectivity index (χ0n) is 10.2. The molecule has 4 nitrogen and oxygen atoms in total. The van der Waals surface area contributed by atoms with Crippen molar-refractivity contribution >= 4 is 45.3 Å². The highest BCUT2D eigenvalue weighted by Crippen LogP contribution is 2.36. The molecule has 0 aliphatic carbocycles. The van der Waals surface area contributed by atoms with Gasteiger partial charge in [0.2, 0.25) is 11.6 Å². The molecular weight excluding hydrogens is 371 g/mol. The van der Waals surface area contributed by atoms with Crippen molar-refractivity contribution in [2.24, 2.45) is 0 Å². The fraction of sp³-hybridized carbons (Fsp3) is 0.0833. The number of aromatic nitrogens is 1. The van der Waals surface area contributed by atoms with Gasteiger partial charge in [-0.05, 0) is 40.0 Å². The first-order valence-corrected chi connectivity index (χ1v) is 7.35. The molecule has 0 aliphatic rings. The summed E-state index contributed by atoms with van der Waals surface area (Å²) in [5, 5.41) is 0.580. The second-order valence-corrected chi connectivity index (χ2v) is 5.65. The van der Waals surface area contributed by atoms with Gasteiger partial charge in [0.15, 0.2) is 5.82 Å². The summed E-state index contributed by atoms with van der Waals surface area (Å²) >= 11 is 10.4. The normalized spacial score (nSPS) is 10.2. The molecule has 8 heteroatoms. The van der Waals surface area contributed by atoms with E-state index < -0.39 is 0 Å². The number of nitrogens with zero attached hydrogens (tertiary/aromatic N) is 1. The average Bonchev–Trinajstić information content (AvgIpc) is 2.47. The number of hydrogen-bond donors (Lipinski definition) is 1. The van der Waals surface area contributed by atoms with E-state index in [2.05, 4.69) is 30.6 Å². The predicted octanol–water partition coefficient (Wildman–Crippen LogP) is 4.89. The van der Waals surface area contributed by atoms with E-state index in [1.807, 2.05) is 18.2 Å². The number of rotatable bonds is 5. The number of benzene rings is 1. The summed E-state index contributed by atoms with van der Waals surface area (Å²) in [6.07, 6.45) is 0. The molecule has 2 aromatic rings. The zero-order chi connectivity index (χ0) is 14.5. The van der Waals surface area contributed by atoms with Gasteiger partial charge in [-0.25, -0.2) is 0 Å². The summed E-state index contributed by atoms with van der Waals surface area (Å²) in [7, 11) is 1.47. The third-order valence-electron chi connectivity index (χ3n) is 2.28. The Bertz CT molecular complexity index is 618. The van der Waals surface area contributed by atoms with Crippen molar-refractivity contribution in [1.29, 1.82) is 0 Å². The Balaban J connectivity index is 2.22. The molecule has 0 fully saturated rings. The van der Waals surface area contributed by atoms with Crippen LogP contribution in [0.2, 0.25) is 5.02 Å². The van der Waals surface area contributed by atoms with Gasteiger partial charge < -0.3 is 9.46 Å². The highest BCUT2D eigenvalue weighted by Gasteiger charge is 2.13. The van der Waals surface area contributed by atoms with Crippen molar-refractivity contribution in [3.63, 3.8) is 0 Å². The molecule has 0 bridgehead atoms. The number of methoxy groups -OCH3 is 1. The molecule has 0 atom stereocenters. The molecule has 0 spiro atoms. The van der Waals surface area contributed by atoms with E-state index in [1.54, 1.807) is 6.07 Å². The maximum Gasteiger partial charge on any atom is 0.229 e. The topological polar surface area (TPSA) is 43.4 Å². The number of hydrogen-bond acceptors (Lipinski definition) is 5. The molecule has 0 saturated heterocycles. The fourth-order valence-electron chi connectivity index (χ4n) is 1.36. The van der Waals surface area contributed by atoms with Crippen molar-refractivity contribution in [2.45, 2.75) is 4.90 Å². The minimum Gasteiger partial charge on any atom is -0.480 e. The lowest BCUT2D eigenvalue weighted by atomic mass is 10.4. The van der Waals surface area contributed by atoms with Crippen LogP contribution < -0.4 is 14.4 Å². The minimum atomic E-state index is -0.0581. The summed E-state index contributed by atoms with van der Waals surface area (Å²) in [4.78, 5) is 8.66. The number of pyridine rings is 1. The predicted molar refractivity (Wildman–Crippen MR) is 81.2 cm³/mol. The van der Waals surface area contributed by atoms with Gasteiger partial charge >= 0.3 is 0 Å². The second kappa shape index (κ2) is 7.01. The van der Waals surface area contributed by atoms with Crippen molar-refractivity contribution < 1.29 is 14.2 Å². The first-order chi connectivity index (χ1) is 9.65. The molecule has 2 rings (SSSR count). The molecule has 0 unspecified atom stereocenters. The summed E-state index contributed by atoms with van der Waals surface area (Å²) < 4.78 is 20.9. The lowest BCUT2D eigenvalue weighted by molar-refractivity contribution is -0.00571. The Morgan fingerprint density at radius 2 is 2.15 bits per heavy atom. The van der Waals surface area contributed by atoms with E-state index >= 15 is 0 Å². The quantitative estimate of drug-likeness (QED) is 0.749. The molecule has 0 amide bonds. The van der Waals surface area contributed by atoms with E-state index in [4.69, 9.17) is 16.3 Å². The maximum atomic E-state index is 12.5. The molecule has 1 heterocycles. The highest BCUT2D eigenvalue weighted by atomic mass is 79.9. The molecule has 20 heavy (non-hydrogen) atoms. The van der Waals surface area contributed by atoms with Gasteiger partial charge in [-0.15, -0.1) is 0 Å². The SMILES string of the molecule is COc1nc(NSc2ccccc2Cl)c(OF)cc1Br. The molecule has 0 aliphatic heterocycles. The molecule has 1 aromatic heterocycles. The Kier molecular flexibility index (Phi) is 5.33. The maximum absolute atomic E-state index is 12.5. The van der Waals surface area contributed by atoms with Crippen LogP contribution in [0.1, 0.15) is 0 Å². The Morgan fingerprint density at radius 3 is 2.80 bits per heavy atom. The second-order valence-electron chi connectivity index (χ2n) is 3.54. The summed E-state index contributed by atoms with van der Waals surface area (Å²) in [5.74, 6) is 0.447. The number of ether oxygens (including phenoxy) is 1. The van der Waals surface area contributed by atoms with Crippen LogP contribution in [0, 0.1) is 0 Å². The standard InChI is InChI=1S/C12H9BrClFN2O2S/c1-18-12-7(13)6-9(19-15)11(16-12)17-20-10-5-3-2-4-8(10)14/h2-6H,1H3,(H,16,17). The lowest BCUT2D eigenvalue weighted by Gasteiger charge is -2.10. The van der Waals surface area contributed by atoms with Gasteiger partial charge in [-0.1, -0.05) is 23.7 Å². The minimum absolute atomic E-state index is 0.0581. The Hall–Kier alpha value is -1.18. The van der Waals surface area contributed by atoms with Gasteiger partial charge in [0.1, 0.15) is 0 Å².